The molecular weight excluding hydrogens is 352 g/mol. The number of hydrogen-bond donors (Lipinski definition) is 1. The summed E-state index contributed by atoms with van der Waals surface area (Å²) in [7, 11) is -3.82. The van der Waals surface area contributed by atoms with Crippen LogP contribution in [0, 0.1) is 0 Å². The number of fused-ring (bicyclic) bond motifs is 1. The first kappa shape index (κ1) is 17.9. The molecule has 3 aromatic rings. The third-order valence-corrected chi connectivity index (χ3v) is 5.01. The highest BCUT2D eigenvalue weighted by Crippen LogP contribution is 2.23. The van der Waals surface area contributed by atoms with E-state index < -0.39 is 16.0 Å². The predicted octanol–water partition coefficient (Wildman–Crippen LogP) is 3.60. The number of ether oxygens (including phenoxy) is 1. The van der Waals surface area contributed by atoms with Gasteiger partial charge >= 0.3 is 5.97 Å². The number of rotatable bonds is 5. The number of benzene rings is 2. The highest BCUT2D eigenvalue weighted by molar-refractivity contribution is 7.93. The van der Waals surface area contributed by atoms with Crippen LogP contribution in [0.5, 0.6) is 0 Å². The molecular formula is C19H18N2O4S. The lowest BCUT2D eigenvalue weighted by molar-refractivity contribution is 0.0378. The molecule has 0 radical (unpaired) electrons. The number of pyridine rings is 1. The van der Waals surface area contributed by atoms with Gasteiger partial charge in [-0.25, -0.2) is 13.2 Å². The number of aromatic nitrogens is 1. The van der Waals surface area contributed by atoms with E-state index in [1.807, 2.05) is 0 Å². The summed E-state index contributed by atoms with van der Waals surface area (Å²) in [6.07, 6.45) is 1.33. The van der Waals surface area contributed by atoms with Crippen molar-refractivity contribution in [2.24, 2.45) is 0 Å². The minimum absolute atomic E-state index is 0.0962. The maximum atomic E-state index is 12.7. The second kappa shape index (κ2) is 7.13. The van der Waals surface area contributed by atoms with Crippen molar-refractivity contribution in [3.8, 4) is 0 Å². The fourth-order valence-electron chi connectivity index (χ4n) is 2.46. The summed E-state index contributed by atoms with van der Waals surface area (Å²) in [4.78, 5) is 16.1. The number of anilines is 1. The molecule has 134 valence electrons. The van der Waals surface area contributed by atoms with Crippen LogP contribution in [0.1, 0.15) is 24.2 Å². The van der Waals surface area contributed by atoms with Crippen molar-refractivity contribution in [3.05, 3.63) is 66.4 Å². The number of carbonyl (C=O) groups excluding carboxylic acids is 1. The Balaban J connectivity index is 1.87. The van der Waals surface area contributed by atoms with Gasteiger partial charge in [0.15, 0.2) is 0 Å². The van der Waals surface area contributed by atoms with Crippen LogP contribution >= 0.6 is 0 Å². The average molecular weight is 370 g/mol. The molecule has 1 aromatic heterocycles. The summed E-state index contributed by atoms with van der Waals surface area (Å²) in [6, 6.07) is 14.6. The highest BCUT2D eigenvalue weighted by atomic mass is 32.2. The van der Waals surface area contributed by atoms with Crippen LogP contribution in [0.15, 0.2) is 65.7 Å². The van der Waals surface area contributed by atoms with Crippen molar-refractivity contribution < 1.29 is 17.9 Å². The summed E-state index contributed by atoms with van der Waals surface area (Å²) < 4.78 is 33.1. The standard InChI is InChI=1S/C19H18N2O4S/c1-13(2)25-19(22)15-8-10-16(11-9-15)21-26(23,24)17-7-3-5-14-6-4-12-20-18(14)17/h3-13,21H,1-2H3. The Kier molecular flexibility index (Phi) is 4.90. The number of carbonyl (C=O) groups is 1. The second-order valence-corrected chi connectivity index (χ2v) is 7.62. The van der Waals surface area contributed by atoms with Gasteiger partial charge in [-0.1, -0.05) is 18.2 Å². The van der Waals surface area contributed by atoms with E-state index in [9.17, 15) is 13.2 Å². The monoisotopic (exact) mass is 370 g/mol. The minimum Gasteiger partial charge on any atom is -0.459 e. The zero-order valence-electron chi connectivity index (χ0n) is 14.3. The van der Waals surface area contributed by atoms with Crippen molar-refractivity contribution in [2.75, 3.05) is 4.72 Å². The van der Waals surface area contributed by atoms with Crippen LogP contribution in [0.3, 0.4) is 0 Å². The van der Waals surface area contributed by atoms with Crippen LogP contribution in [0.4, 0.5) is 5.69 Å². The number of sulfonamides is 1. The zero-order chi connectivity index (χ0) is 18.7. The zero-order valence-corrected chi connectivity index (χ0v) is 15.2. The number of nitrogens with one attached hydrogen (secondary N) is 1. The van der Waals surface area contributed by atoms with Gasteiger partial charge < -0.3 is 4.74 Å². The van der Waals surface area contributed by atoms with Crippen LogP contribution in [-0.2, 0) is 14.8 Å². The molecule has 1 N–H and O–H groups in total. The van der Waals surface area contributed by atoms with Gasteiger partial charge in [-0.15, -0.1) is 0 Å². The van der Waals surface area contributed by atoms with Crippen LogP contribution in [-0.4, -0.2) is 25.5 Å². The van der Waals surface area contributed by atoms with E-state index in [1.165, 1.54) is 30.3 Å². The lowest BCUT2D eigenvalue weighted by Gasteiger charge is -2.11. The van der Waals surface area contributed by atoms with E-state index in [0.717, 1.165) is 5.39 Å². The predicted molar refractivity (Wildman–Crippen MR) is 99.5 cm³/mol. The molecule has 0 amide bonds. The molecule has 0 aliphatic heterocycles. The van der Waals surface area contributed by atoms with Gasteiger partial charge in [-0.05, 0) is 50.2 Å². The molecule has 0 saturated carbocycles. The van der Waals surface area contributed by atoms with Crippen molar-refractivity contribution >= 4 is 32.6 Å². The molecule has 0 unspecified atom stereocenters. The number of para-hydroxylation sites is 1. The number of esters is 1. The van der Waals surface area contributed by atoms with E-state index in [1.54, 1.807) is 44.3 Å². The molecule has 6 nitrogen and oxygen atoms in total. The van der Waals surface area contributed by atoms with Crippen molar-refractivity contribution in [3.63, 3.8) is 0 Å². The summed E-state index contributed by atoms with van der Waals surface area (Å²) in [5.74, 6) is -0.451. The Bertz CT molecular complexity index is 1040. The van der Waals surface area contributed by atoms with Gasteiger partial charge in [0, 0.05) is 17.3 Å². The fraction of sp³-hybridized carbons (Fsp3) is 0.158. The summed E-state index contributed by atoms with van der Waals surface area (Å²) >= 11 is 0. The van der Waals surface area contributed by atoms with Gasteiger partial charge in [0.25, 0.3) is 10.0 Å². The highest BCUT2D eigenvalue weighted by Gasteiger charge is 2.18. The minimum atomic E-state index is -3.82. The van der Waals surface area contributed by atoms with Gasteiger partial charge in [0.1, 0.15) is 4.90 Å². The van der Waals surface area contributed by atoms with E-state index in [-0.39, 0.29) is 11.0 Å². The smallest absolute Gasteiger partial charge is 0.338 e. The first-order valence-corrected chi connectivity index (χ1v) is 9.53. The van der Waals surface area contributed by atoms with Gasteiger partial charge in [0.2, 0.25) is 0 Å². The lowest BCUT2D eigenvalue weighted by Crippen LogP contribution is -2.14. The van der Waals surface area contributed by atoms with E-state index in [2.05, 4.69) is 9.71 Å². The molecule has 0 saturated heterocycles. The van der Waals surface area contributed by atoms with Gasteiger partial charge in [-0.3, -0.25) is 9.71 Å². The Labute approximate surface area is 151 Å². The maximum Gasteiger partial charge on any atom is 0.338 e. The van der Waals surface area contributed by atoms with Crippen molar-refractivity contribution in [2.45, 2.75) is 24.8 Å². The molecule has 26 heavy (non-hydrogen) atoms. The molecule has 0 aliphatic carbocycles. The molecule has 1 heterocycles. The topological polar surface area (TPSA) is 85.4 Å². The summed E-state index contributed by atoms with van der Waals surface area (Å²) in [5, 5.41) is 0.738. The van der Waals surface area contributed by atoms with Gasteiger partial charge in [0.05, 0.1) is 17.2 Å². The molecule has 3 rings (SSSR count). The van der Waals surface area contributed by atoms with Crippen LogP contribution in [0.25, 0.3) is 10.9 Å². The Morgan fingerprint density at radius 3 is 2.42 bits per heavy atom. The lowest BCUT2D eigenvalue weighted by atomic mass is 10.2. The normalized spacial score (nSPS) is 11.5. The Morgan fingerprint density at radius 1 is 1.04 bits per heavy atom. The summed E-state index contributed by atoms with van der Waals surface area (Å²) in [6.45, 7) is 3.53. The van der Waals surface area contributed by atoms with Crippen molar-refractivity contribution in [1.29, 1.82) is 0 Å². The van der Waals surface area contributed by atoms with Crippen LogP contribution < -0.4 is 4.72 Å². The van der Waals surface area contributed by atoms with Crippen LogP contribution in [0.2, 0.25) is 0 Å². The maximum absolute atomic E-state index is 12.7. The third-order valence-electron chi connectivity index (χ3n) is 3.60. The van der Waals surface area contributed by atoms with Gasteiger partial charge in [-0.2, -0.15) is 0 Å². The van der Waals surface area contributed by atoms with Crippen molar-refractivity contribution in [1.82, 2.24) is 4.98 Å². The molecule has 0 spiro atoms. The summed E-state index contributed by atoms with van der Waals surface area (Å²) in [5.41, 5.74) is 1.10. The molecule has 2 aromatic carbocycles. The van der Waals surface area contributed by atoms with E-state index in [0.29, 0.717) is 16.8 Å². The Morgan fingerprint density at radius 2 is 1.73 bits per heavy atom. The van der Waals surface area contributed by atoms with E-state index in [4.69, 9.17) is 4.74 Å². The quantitative estimate of drug-likeness (QED) is 0.694. The first-order chi connectivity index (χ1) is 12.4. The fourth-order valence-corrected chi connectivity index (χ4v) is 3.70. The number of nitrogens with zero attached hydrogens (tertiary/aromatic N) is 1. The first-order valence-electron chi connectivity index (χ1n) is 8.04. The number of hydrogen-bond acceptors (Lipinski definition) is 5. The molecule has 0 bridgehead atoms. The Hall–Kier alpha value is -2.93. The second-order valence-electron chi connectivity index (χ2n) is 5.97. The largest absolute Gasteiger partial charge is 0.459 e. The molecule has 0 fully saturated rings. The molecule has 0 aliphatic rings. The third kappa shape index (κ3) is 3.83. The SMILES string of the molecule is CC(C)OC(=O)c1ccc(NS(=O)(=O)c2cccc3cccnc23)cc1. The van der Waals surface area contributed by atoms with E-state index >= 15 is 0 Å². The molecule has 0 atom stereocenters. The average Bonchev–Trinajstić information content (AvgIpc) is 2.61. The molecule has 7 heteroatoms.